The van der Waals surface area contributed by atoms with Crippen LogP contribution in [0.5, 0.6) is 0 Å². The molecule has 1 fully saturated rings. The van der Waals surface area contributed by atoms with Gasteiger partial charge in [0.15, 0.2) is 0 Å². The molecule has 2 unspecified atom stereocenters. The van der Waals surface area contributed by atoms with Crippen molar-refractivity contribution >= 4 is 5.97 Å². The summed E-state index contributed by atoms with van der Waals surface area (Å²) in [5.74, 6) is 0.201. The van der Waals surface area contributed by atoms with Gasteiger partial charge in [0, 0.05) is 0 Å². The van der Waals surface area contributed by atoms with E-state index >= 15 is 0 Å². The minimum atomic E-state index is -0.468. The van der Waals surface area contributed by atoms with Gasteiger partial charge in [-0.3, -0.25) is 4.79 Å². The zero-order valence-corrected chi connectivity index (χ0v) is 10.5. The van der Waals surface area contributed by atoms with Gasteiger partial charge >= 0.3 is 5.97 Å². The molecule has 1 aliphatic rings. The molecule has 3 nitrogen and oxygen atoms in total. The Labute approximate surface area is 92.6 Å². The molecule has 88 valence electrons. The second-order valence-electron chi connectivity index (χ2n) is 5.48. The number of carbonyl (C=O) groups is 1. The van der Waals surface area contributed by atoms with Crippen LogP contribution >= 0.6 is 0 Å². The number of ether oxygens (including phenoxy) is 1. The van der Waals surface area contributed by atoms with Gasteiger partial charge in [0.25, 0.3) is 0 Å². The van der Waals surface area contributed by atoms with Crippen LogP contribution in [0.3, 0.4) is 0 Å². The van der Waals surface area contributed by atoms with Gasteiger partial charge in [-0.2, -0.15) is 0 Å². The number of likely N-dealkylation sites (N-methyl/N-ethyl adjacent to an activating group) is 1. The predicted molar refractivity (Wildman–Crippen MR) is 60.6 cm³/mol. The van der Waals surface area contributed by atoms with Crippen molar-refractivity contribution in [3.8, 4) is 0 Å². The SMILES string of the molecule is CNC1(C(=O)OC)CCC(C)(C)CC1C. The molecule has 15 heavy (non-hydrogen) atoms. The Hall–Kier alpha value is -0.570. The topological polar surface area (TPSA) is 38.3 Å². The molecule has 0 amide bonds. The Morgan fingerprint density at radius 2 is 2.00 bits per heavy atom. The first-order valence-corrected chi connectivity index (χ1v) is 5.65. The normalized spacial score (nSPS) is 34.9. The second kappa shape index (κ2) is 4.12. The molecule has 1 saturated carbocycles. The number of nitrogens with one attached hydrogen (secondary N) is 1. The number of methoxy groups -OCH3 is 1. The van der Waals surface area contributed by atoms with E-state index in [0.717, 1.165) is 19.3 Å². The molecule has 2 atom stereocenters. The van der Waals surface area contributed by atoms with Gasteiger partial charge in [0.05, 0.1) is 7.11 Å². The lowest BCUT2D eigenvalue weighted by atomic mass is 9.64. The zero-order valence-electron chi connectivity index (χ0n) is 10.5. The fourth-order valence-corrected chi connectivity index (χ4v) is 2.85. The summed E-state index contributed by atoms with van der Waals surface area (Å²) in [4.78, 5) is 11.9. The van der Waals surface area contributed by atoms with E-state index in [4.69, 9.17) is 4.74 Å². The molecule has 0 aromatic rings. The maximum atomic E-state index is 11.9. The number of carbonyl (C=O) groups excluding carboxylic acids is 1. The Bertz CT molecular complexity index is 250. The van der Waals surface area contributed by atoms with Gasteiger partial charge in [-0.05, 0) is 37.6 Å². The molecule has 1 rings (SSSR count). The molecule has 1 N–H and O–H groups in total. The van der Waals surface area contributed by atoms with Gasteiger partial charge < -0.3 is 10.1 Å². The lowest BCUT2D eigenvalue weighted by Gasteiger charge is -2.46. The Morgan fingerprint density at radius 3 is 2.40 bits per heavy atom. The molecular weight excluding hydrogens is 190 g/mol. The Morgan fingerprint density at radius 1 is 1.40 bits per heavy atom. The van der Waals surface area contributed by atoms with Crippen LogP contribution in [0.15, 0.2) is 0 Å². The molecule has 0 aliphatic heterocycles. The number of esters is 1. The van der Waals surface area contributed by atoms with Crippen molar-refractivity contribution in [2.24, 2.45) is 11.3 Å². The first kappa shape index (κ1) is 12.5. The zero-order chi connectivity index (χ0) is 11.7. The van der Waals surface area contributed by atoms with E-state index in [1.807, 2.05) is 7.05 Å². The van der Waals surface area contributed by atoms with E-state index in [1.165, 1.54) is 7.11 Å². The summed E-state index contributed by atoms with van der Waals surface area (Å²) >= 11 is 0. The predicted octanol–water partition coefficient (Wildman–Crippen LogP) is 1.96. The Balaban J connectivity index is 2.89. The van der Waals surface area contributed by atoms with Gasteiger partial charge in [-0.1, -0.05) is 20.8 Å². The third-order valence-electron chi connectivity index (χ3n) is 3.89. The largest absolute Gasteiger partial charge is 0.468 e. The standard InChI is InChI=1S/C12H23NO2/c1-9-8-11(2,3)6-7-12(9,13-4)10(14)15-5/h9,13H,6-8H2,1-5H3. The fraction of sp³-hybridized carbons (Fsp3) is 0.917. The van der Waals surface area contributed by atoms with Gasteiger partial charge in [0.2, 0.25) is 0 Å². The molecule has 0 radical (unpaired) electrons. The quantitative estimate of drug-likeness (QED) is 0.713. The molecule has 0 bridgehead atoms. The van der Waals surface area contributed by atoms with Crippen molar-refractivity contribution in [2.45, 2.75) is 45.6 Å². The smallest absolute Gasteiger partial charge is 0.326 e. The molecule has 0 aromatic carbocycles. The van der Waals surface area contributed by atoms with Crippen LogP contribution in [0.25, 0.3) is 0 Å². The van der Waals surface area contributed by atoms with Crippen LogP contribution in [-0.2, 0) is 9.53 Å². The minimum Gasteiger partial charge on any atom is -0.468 e. The van der Waals surface area contributed by atoms with Crippen LogP contribution < -0.4 is 5.32 Å². The first-order valence-electron chi connectivity index (χ1n) is 5.65. The van der Waals surface area contributed by atoms with Crippen molar-refractivity contribution in [3.63, 3.8) is 0 Å². The Kier molecular flexibility index (Phi) is 3.44. The average molecular weight is 213 g/mol. The van der Waals surface area contributed by atoms with Gasteiger partial charge in [-0.25, -0.2) is 0 Å². The molecule has 1 aliphatic carbocycles. The highest BCUT2D eigenvalue weighted by molar-refractivity contribution is 5.81. The summed E-state index contributed by atoms with van der Waals surface area (Å²) < 4.78 is 4.92. The van der Waals surface area contributed by atoms with E-state index in [9.17, 15) is 4.79 Å². The highest BCUT2D eigenvalue weighted by Gasteiger charge is 2.48. The third kappa shape index (κ3) is 2.17. The summed E-state index contributed by atoms with van der Waals surface area (Å²) in [7, 11) is 3.32. The maximum Gasteiger partial charge on any atom is 0.326 e. The summed E-state index contributed by atoms with van der Waals surface area (Å²) in [6.07, 6.45) is 2.99. The lowest BCUT2D eigenvalue weighted by molar-refractivity contribution is -0.154. The summed E-state index contributed by atoms with van der Waals surface area (Å²) in [6, 6.07) is 0. The molecule has 0 aromatic heterocycles. The van der Waals surface area contributed by atoms with Gasteiger partial charge in [0.1, 0.15) is 5.54 Å². The second-order valence-corrected chi connectivity index (χ2v) is 5.48. The number of hydrogen-bond donors (Lipinski definition) is 1. The van der Waals surface area contributed by atoms with Crippen molar-refractivity contribution in [2.75, 3.05) is 14.2 Å². The molecular formula is C12H23NO2. The first-order chi connectivity index (χ1) is 6.88. The molecule has 3 heteroatoms. The highest BCUT2D eigenvalue weighted by Crippen LogP contribution is 2.44. The van der Waals surface area contributed by atoms with Crippen LogP contribution in [0.4, 0.5) is 0 Å². The molecule has 0 saturated heterocycles. The third-order valence-corrected chi connectivity index (χ3v) is 3.89. The minimum absolute atomic E-state index is 0.118. The molecule has 0 spiro atoms. The van der Waals surface area contributed by atoms with Crippen molar-refractivity contribution < 1.29 is 9.53 Å². The van der Waals surface area contributed by atoms with Crippen molar-refractivity contribution in [1.82, 2.24) is 5.32 Å². The van der Waals surface area contributed by atoms with E-state index < -0.39 is 5.54 Å². The van der Waals surface area contributed by atoms with E-state index in [-0.39, 0.29) is 5.97 Å². The van der Waals surface area contributed by atoms with E-state index in [0.29, 0.717) is 11.3 Å². The number of rotatable bonds is 2. The van der Waals surface area contributed by atoms with Gasteiger partial charge in [-0.15, -0.1) is 0 Å². The number of hydrogen-bond acceptors (Lipinski definition) is 3. The van der Waals surface area contributed by atoms with E-state index in [2.05, 4.69) is 26.1 Å². The lowest BCUT2D eigenvalue weighted by Crippen LogP contribution is -2.59. The van der Waals surface area contributed by atoms with Crippen LogP contribution in [0.2, 0.25) is 0 Å². The van der Waals surface area contributed by atoms with Crippen molar-refractivity contribution in [1.29, 1.82) is 0 Å². The average Bonchev–Trinajstić information content (AvgIpc) is 2.17. The van der Waals surface area contributed by atoms with Crippen LogP contribution in [0, 0.1) is 11.3 Å². The van der Waals surface area contributed by atoms with Crippen LogP contribution in [0.1, 0.15) is 40.0 Å². The summed E-state index contributed by atoms with van der Waals surface area (Å²) in [6.45, 7) is 6.66. The van der Waals surface area contributed by atoms with Crippen LogP contribution in [-0.4, -0.2) is 25.7 Å². The fourth-order valence-electron chi connectivity index (χ4n) is 2.85. The van der Waals surface area contributed by atoms with Crippen molar-refractivity contribution in [3.05, 3.63) is 0 Å². The summed E-state index contributed by atoms with van der Waals surface area (Å²) in [5, 5.41) is 3.18. The van der Waals surface area contributed by atoms with E-state index in [1.54, 1.807) is 0 Å². The molecule has 0 heterocycles. The monoisotopic (exact) mass is 213 g/mol. The highest BCUT2D eigenvalue weighted by atomic mass is 16.5. The maximum absolute atomic E-state index is 11.9. The summed E-state index contributed by atoms with van der Waals surface area (Å²) in [5.41, 5.74) is -0.127.